The maximum Gasteiger partial charge on any atom is 0.280 e. The number of hydrogen-bond donors (Lipinski definition) is 2. The largest absolute Gasteiger partial charge is 0.372 e. The van der Waals surface area contributed by atoms with Crippen LogP contribution in [0, 0.1) is 5.53 Å². The van der Waals surface area contributed by atoms with E-state index in [1.807, 2.05) is 54.6 Å². The van der Waals surface area contributed by atoms with Crippen molar-refractivity contribution in [3.05, 3.63) is 131 Å². The van der Waals surface area contributed by atoms with E-state index in [9.17, 15) is 9.59 Å². The van der Waals surface area contributed by atoms with Crippen LogP contribution in [0.4, 0.5) is 11.4 Å². The Bertz CT molecular complexity index is 1540. The first-order valence-corrected chi connectivity index (χ1v) is 14.1. The van der Waals surface area contributed by atoms with Gasteiger partial charge in [0.15, 0.2) is 0 Å². The predicted molar refractivity (Wildman–Crippen MR) is 166 cm³/mol. The number of amides is 2. The van der Waals surface area contributed by atoms with Crippen LogP contribution in [-0.4, -0.2) is 30.9 Å². The Kier molecular flexibility index (Phi) is 9.13. The van der Waals surface area contributed by atoms with E-state index in [4.69, 9.17) is 11.3 Å². The molecule has 0 atom stereocenters. The van der Waals surface area contributed by atoms with E-state index < -0.39 is 11.9 Å². The van der Waals surface area contributed by atoms with Crippen LogP contribution in [0.1, 0.15) is 56.7 Å². The van der Waals surface area contributed by atoms with Gasteiger partial charge in [-0.25, -0.2) is 5.53 Å². The molecule has 2 amide bonds. The number of nitrogens with zero attached hydrogens (tertiary/aromatic N) is 4. The molecular weight excluding hydrogens is 524 g/mol. The fraction of sp³-hybridized carbons (Fsp3) is 0.206. The van der Waals surface area contributed by atoms with Crippen molar-refractivity contribution in [1.29, 1.82) is 5.53 Å². The Balaban J connectivity index is 1.39. The molecule has 5 rings (SSSR count). The van der Waals surface area contributed by atoms with Gasteiger partial charge in [0.1, 0.15) is 0 Å². The van der Waals surface area contributed by atoms with Crippen LogP contribution < -0.4 is 15.5 Å². The zero-order chi connectivity index (χ0) is 29.3. The van der Waals surface area contributed by atoms with E-state index in [0.717, 1.165) is 36.3 Å². The number of carbonyl (C=O) groups excluding carboxylic acids is 2. The highest BCUT2D eigenvalue weighted by molar-refractivity contribution is 6.06. The Morgan fingerprint density at radius 1 is 0.738 bits per heavy atom. The van der Waals surface area contributed by atoms with Crippen molar-refractivity contribution in [2.45, 2.75) is 32.2 Å². The molecule has 0 unspecified atom stereocenters. The number of guanidine groups is 1. The molecule has 3 N–H and O–H groups in total. The summed E-state index contributed by atoms with van der Waals surface area (Å²) in [6.07, 6.45) is 4.46. The second kappa shape index (κ2) is 13.5. The van der Waals surface area contributed by atoms with Gasteiger partial charge in [0.05, 0.1) is 6.54 Å². The number of benzene rings is 4. The Labute approximate surface area is 246 Å². The number of aliphatic imine (C=N–C) groups is 1. The zero-order valence-electron chi connectivity index (χ0n) is 23.4. The summed E-state index contributed by atoms with van der Waals surface area (Å²) in [4.78, 5) is 34.0. The van der Waals surface area contributed by atoms with Gasteiger partial charge in [-0.2, -0.15) is 4.99 Å². The van der Waals surface area contributed by atoms with E-state index >= 15 is 0 Å². The molecule has 1 fully saturated rings. The highest BCUT2D eigenvalue weighted by Gasteiger charge is 2.20. The van der Waals surface area contributed by atoms with E-state index in [1.165, 1.54) is 30.5 Å². The predicted octanol–water partition coefficient (Wildman–Crippen LogP) is 6.60. The van der Waals surface area contributed by atoms with Crippen LogP contribution >= 0.6 is 0 Å². The number of piperidine rings is 1. The van der Waals surface area contributed by atoms with Crippen LogP contribution in [-0.2, 0) is 13.0 Å². The second-order valence-corrected chi connectivity index (χ2v) is 10.4. The van der Waals surface area contributed by atoms with Crippen molar-refractivity contribution in [3.8, 4) is 0 Å². The smallest absolute Gasteiger partial charge is 0.280 e. The quantitative estimate of drug-likeness (QED) is 0.144. The molecular formula is C34H34N6O2. The first-order valence-electron chi connectivity index (χ1n) is 14.1. The lowest BCUT2D eigenvalue weighted by Gasteiger charge is -2.29. The minimum atomic E-state index is -0.577. The summed E-state index contributed by atoms with van der Waals surface area (Å²) in [5.74, 6) is -1.09. The highest BCUT2D eigenvalue weighted by atomic mass is 16.2. The molecule has 1 saturated heterocycles. The van der Waals surface area contributed by atoms with E-state index in [2.05, 4.69) is 39.3 Å². The van der Waals surface area contributed by atoms with Crippen molar-refractivity contribution in [1.82, 2.24) is 0 Å². The molecule has 0 bridgehead atoms. The first kappa shape index (κ1) is 28.4. The summed E-state index contributed by atoms with van der Waals surface area (Å²) < 4.78 is 0. The van der Waals surface area contributed by atoms with Gasteiger partial charge >= 0.3 is 0 Å². The van der Waals surface area contributed by atoms with Gasteiger partial charge in [-0.05, 0) is 90.9 Å². The summed E-state index contributed by atoms with van der Waals surface area (Å²) in [6.45, 7) is 2.41. The minimum Gasteiger partial charge on any atom is -0.372 e. The summed E-state index contributed by atoms with van der Waals surface area (Å²) >= 11 is 0. The summed E-state index contributed by atoms with van der Waals surface area (Å²) in [7, 11) is 0. The number of hydrogen-bond acceptors (Lipinski definition) is 4. The van der Waals surface area contributed by atoms with Gasteiger partial charge in [-0.15, -0.1) is 5.11 Å². The van der Waals surface area contributed by atoms with Crippen LogP contribution in [0.3, 0.4) is 0 Å². The van der Waals surface area contributed by atoms with Crippen LogP contribution in [0.15, 0.2) is 113 Å². The van der Waals surface area contributed by atoms with E-state index in [0.29, 0.717) is 17.7 Å². The standard InChI is InChI=1S/C34H34N6O2/c35-34(38-36)37-32(41)28-13-11-27(12-14-28)24-40(31-19-17-30(18-20-31)39-21-5-2-6-22-39)33(42)29-15-9-26(10-16-29)23-25-7-3-1-4-8-25/h1,3-4,7-20,36H,2,5-6,21-24H2,(H2,35,37,41). The van der Waals surface area contributed by atoms with Crippen molar-refractivity contribution in [2.75, 3.05) is 22.9 Å². The zero-order valence-corrected chi connectivity index (χ0v) is 23.4. The van der Waals surface area contributed by atoms with Gasteiger partial charge in [0, 0.05) is 35.6 Å². The monoisotopic (exact) mass is 558 g/mol. The molecule has 0 aliphatic carbocycles. The summed E-state index contributed by atoms with van der Waals surface area (Å²) in [5, 5.41) is 2.96. The molecule has 1 heterocycles. The molecule has 4 aromatic rings. The van der Waals surface area contributed by atoms with Gasteiger partial charge < -0.3 is 15.5 Å². The minimum absolute atomic E-state index is 0.110. The van der Waals surface area contributed by atoms with Crippen molar-refractivity contribution in [3.63, 3.8) is 0 Å². The number of nitrogens with one attached hydrogen (secondary N) is 1. The normalized spacial score (nSPS) is 13.4. The fourth-order valence-corrected chi connectivity index (χ4v) is 5.16. The lowest BCUT2D eigenvalue weighted by atomic mass is 10.0. The third kappa shape index (κ3) is 7.14. The first-order chi connectivity index (χ1) is 20.5. The Hall–Kier alpha value is -5.11. The topological polar surface area (TPSA) is 115 Å². The number of nitrogens with two attached hydrogens (primary N) is 1. The number of anilines is 2. The molecule has 8 nitrogen and oxygen atoms in total. The molecule has 8 heteroatoms. The average Bonchev–Trinajstić information content (AvgIpc) is 3.05. The molecule has 1 aliphatic heterocycles. The SMILES string of the molecule is N=NC(N)=NC(=O)c1ccc(CN(C(=O)c2ccc(Cc3ccccc3)cc2)c2ccc(N3CCCCC3)cc2)cc1. The molecule has 1 aliphatic rings. The van der Waals surface area contributed by atoms with E-state index in [-0.39, 0.29) is 5.91 Å². The maximum atomic E-state index is 13.9. The van der Waals surface area contributed by atoms with Gasteiger partial charge in [-0.3, -0.25) is 9.59 Å². The molecule has 0 radical (unpaired) electrons. The average molecular weight is 559 g/mol. The maximum absolute atomic E-state index is 13.9. The number of carbonyl (C=O) groups is 2. The fourth-order valence-electron chi connectivity index (χ4n) is 5.16. The third-order valence-corrected chi connectivity index (χ3v) is 7.45. The molecule has 212 valence electrons. The molecule has 4 aromatic carbocycles. The number of rotatable bonds is 8. The van der Waals surface area contributed by atoms with Crippen molar-refractivity contribution < 1.29 is 9.59 Å². The van der Waals surface area contributed by atoms with Crippen LogP contribution in [0.2, 0.25) is 0 Å². The Morgan fingerprint density at radius 3 is 1.98 bits per heavy atom. The van der Waals surface area contributed by atoms with Crippen LogP contribution in [0.25, 0.3) is 0 Å². The van der Waals surface area contributed by atoms with Gasteiger partial charge in [-0.1, -0.05) is 54.6 Å². The lowest BCUT2D eigenvalue weighted by Crippen LogP contribution is -2.31. The van der Waals surface area contributed by atoms with Gasteiger partial charge in [0.25, 0.3) is 11.8 Å². The van der Waals surface area contributed by atoms with E-state index in [1.54, 1.807) is 29.2 Å². The third-order valence-electron chi connectivity index (χ3n) is 7.45. The Morgan fingerprint density at radius 2 is 1.33 bits per heavy atom. The summed E-state index contributed by atoms with van der Waals surface area (Å²) in [6, 6.07) is 33.1. The molecule has 42 heavy (non-hydrogen) atoms. The van der Waals surface area contributed by atoms with Crippen molar-refractivity contribution >= 4 is 29.1 Å². The highest BCUT2D eigenvalue weighted by Crippen LogP contribution is 2.26. The van der Waals surface area contributed by atoms with Gasteiger partial charge in [0.2, 0.25) is 5.96 Å². The summed E-state index contributed by atoms with van der Waals surface area (Å²) in [5.41, 5.74) is 18.4. The van der Waals surface area contributed by atoms with Crippen molar-refractivity contribution in [2.24, 2.45) is 15.8 Å². The van der Waals surface area contributed by atoms with Crippen LogP contribution in [0.5, 0.6) is 0 Å². The molecule has 0 aromatic heterocycles. The molecule has 0 spiro atoms. The lowest BCUT2D eigenvalue weighted by molar-refractivity contribution is 0.0981. The second-order valence-electron chi connectivity index (χ2n) is 10.4. The molecule has 0 saturated carbocycles.